The van der Waals surface area contributed by atoms with Crippen LogP contribution >= 0.6 is 0 Å². The first-order valence-electron chi connectivity index (χ1n) is 6.22. The maximum Gasteiger partial charge on any atom is 0.267 e. The SMILES string of the molecule is CC(C)CN/C=C(/C#N)C(=O)Nc1ccccc1C#N. The van der Waals surface area contributed by atoms with E-state index < -0.39 is 5.91 Å². The van der Waals surface area contributed by atoms with Crippen molar-refractivity contribution in [3.05, 3.63) is 41.6 Å². The highest BCUT2D eigenvalue weighted by molar-refractivity contribution is 6.07. The van der Waals surface area contributed by atoms with Gasteiger partial charge in [0.15, 0.2) is 0 Å². The highest BCUT2D eigenvalue weighted by Gasteiger charge is 2.11. The zero-order valence-corrected chi connectivity index (χ0v) is 11.5. The minimum Gasteiger partial charge on any atom is -0.389 e. The summed E-state index contributed by atoms with van der Waals surface area (Å²) in [6.07, 6.45) is 1.39. The fourth-order valence-electron chi connectivity index (χ4n) is 1.42. The number of nitrogens with zero attached hydrogens (tertiary/aromatic N) is 2. The summed E-state index contributed by atoms with van der Waals surface area (Å²) in [5.41, 5.74) is 0.719. The molecule has 1 aromatic rings. The number of hydrogen-bond acceptors (Lipinski definition) is 4. The molecule has 0 aliphatic carbocycles. The lowest BCUT2D eigenvalue weighted by molar-refractivity contribution is -0.112. The summed E-state index contributed by atoms with van der Waals surface area (Å²) in [6.45, 7) is 4.72. The molecule has 1 amide bonds. The summed E-state index contributed by atoms with van der Waals surface area (Å²) in [5, 5.41) is 23.4. The van der Waals surface area contributed by atoms with E-state index in [1.807, 2.05) is 26.0 Å². The van der Waals surface area contributed by atoms with Crippen molar-refractivity contribution in [1.82, 2.24) is 5.32 Å². The molecule has 0 saturated carbocycles. The second kappa shape index (κ2) is 7.60. The van der Waals surface area contributed by atoms with Crippen LogP contribution in [-0.4, -0.2) is 12.5 Å². The van der Waals surface area contributed by atoms with Crippen molar-refractivity contribution >= 4 is 11.6 Å². The largest absolute Gasteiger partial charge is 0.389 e. The van der Waals surface area contributed by atoms with E-state index in [4.69, 9.17) is 10.5 Å². The summed E-state index contributed by atoms with van der Waals surface area (Å²) in [7, 11) is 0. The highest BCUT2D eigenvalue weighted by atomic mass is 16.1. The number of amides is 1. The topological polar surface area (TPSA) is 88.7 Å². The fraction of sp³-hybridized carbons (Fsp3) is 0.267. The minimum absolute atomic E-state index is 0.0293. The average Bonchev–Trinajstić information content (AvgIpc) is 2.43. The number of hydrogen-bond donors (Lipinski definition) is 2. The molecular weight excluding hydrogens is 252 g/mol. The molecule has 20 heavy (non-hydrogen) atoms. The van der Waals surface area contributed by atoms with Gasteiger partial charge in [-0.15, -0.1) is 0 Å². The van der Waals surface area contributed by atoms with Gasteiger partial charge in [-0.3, -0.25) is 4.79 Å². The van der Waals surface area contributed by atoms with Gasteiger partial charge in [0.1, 0.15) is 17.7 Å². The van der Waals surface area contributed by atoms with Crippen LogP contribution in [0.1, 0.15) is 19.4 Å². The number of anilines is 1. The molecule has 0 atom stereocenters. The number of para-hydroxylation sites is 1. The maximum atomic E-state index is 11.9. The summed E-state index contributed by atoms with van der Waals surface area (Å²) in [5.74, 6) is -0.125. The Morgan fingerprint density at radius 3 is 2.65 bits per heavy atom. The smallest absolute Gasteiger partial charge is 0.267 e. The quantitative estimate of drug-likeness (QED) is 0.632. The molecule has 5 nitrogen and oxygen atoms in total. The van der Waals surface area contributed by atoms with E-state index in [2.05, 4.69) is 10.6 Å². The van der Waals surface area contributed by atoms with Gasteiger partial charge in [-0.2, -0.15) is 10.5 Å². The molecule has 5 heteroatoms. The number of carbonyl (C=O) groups excluding carboxylic acids is 1. The Labute approximate surface area is 118 Å². The molecule has 0 heterocycles. The van der Waals surface area contributed by atoms with Gasteiger partial charge < -0.3 is 10.6 Å². The number of nitriles is 2. The predicted molar refractivity (Wildman–Crippen MR) is 76.3 cm³/mol. The van der Waals surface area contributed by atoms with Crippen molar-refractivity contribution in [2.45, 2.75) is 13.8 Å². The Kier molecular flexibility index (Phi) is 5.80. The van der Waals surface area contributed by atoms with Crippen LogP contribution in [0.2, 0.25) is 0 Å². The van der Waals surface area contributed by atoms with E-state index in [1.165, 1.54) is 6.20 Å². The van der Waals surface area contributed by atoms with Gasteiger partial charge in [-0.1, -0.05) is 26.0 Å². The van der Waals surface area contributed by atoms with Gasteiger partial charge >= 0.3 is 0 Å². The summed E-state index contributed by atoms with van der Waals surface area (Å²) >= 11 is 0. The van der Waals surface area contributed by atoms with Gasteiger partial charge in [0.25, 0.3) is 5.91 Å². The van der Waals surface area contributed by atoms with Crippen LogP contribution in [0, 0.1) is 28.6 Å². The molecule has 102 valence electrons. The number of carbonyl (C=O) groups is 1. The maximum absolute atomic E-state index is 11.9. The van der Waals surface area contributed by atoms with Gasteiger partial charge in [-0.05, 0) is 18.1 Å². The van der Waals surface area contributed by atoms with E-state index >= 15 is 0 Å². The average molecular weight is 268 g/mol. The van der Waals surface area contributed by atoms with E-state index in [1.54, 1.807) is 24.3 Å². The van der Waals surface area contributed by atoms with Crippen molar-refractivity contribution in [1.29, 1.82) is 10.5 Å². The molecular formula is C15H16N4O. The normalized spacial score (nSPS) is 10.6. The Morgan fingerprint density at radius 1 is 1.35 bits per heavy atom. The summed E-state index contributed by atoms with van der Waals surface area (Å²) < 4.78 is 0. The molecule has 0 bridgehead atoms. The Balaban J connectivity index is 2.79. The van der Waals surface area contributed by atoms with Crippen LogP contribution in [-0.2, 0) is 4.79 Å². The van der Waals surface area contributed by atoms with Gasteiger partial charge in [0.2, 0.25) is 0 Å². The van der Waals surface area contributed by atoms with Gasteiger partial charge in [0.05, 0.1) is 11.3 Å². The van der Waals surface area contributed by atoms with Crippen LogP contribution in [0.4, 0.5) is 5.69 Å². The van der Waals surface area contributed by atoms with Crippen molar-refractivity contribution in [3.63, 3.8) is 0 Å². The molecule has 0 aromatic heterocycles. The van der Waals surface area contributed by atoms with E-state index in [9.17, 15) is 4.79 Å². The third-order valence-electron chi connectivity index (χ3n) is 2.43. The monoisotopic (exact) mass is 268 g/mol. The molecule has 0 saturated heterocycles. The lowest BCUT2D eigenvalue weighted by Gasteiger charge is -2.07. The van der Waals surface area contributed by atoms with Crippen molar-refractivity contribution in [2.24, 2.45) is 5.92 Å². The number of nitrogens with one attached hydrogen (secondary N) is 2. The molecule has 1 aromatic carbocycles. The van der Waals surface area contributed by atoms with Crippen LogP contribution < -0.4 is 10.6 Å². The van der Waals surface area contributed by atoms with Crippen molar-refractivity contribution in [2.75, 3.05) is 11.9 Å². The van der Waals surface area contributed by atoms with Crippen molar-refractivity contribution in [3.8, 4) is 12.1 Å². The Bertz CT molecular complexity index is 591. The number of rotatable bonds is 5. The second-order valence-electron chi connectivity index (χ2n) is 4.58. The zero-order chi connectivity index (χ0) is 15.0. The lowest BCUT2D eigenvalue weighted by atomic mass is 10.2. The standard InChI is InChI=1S/C15H16N4O/c1-11(2)9-18-10-13(8-17)15(20)19-14-6-4-3-5-12(14)7-16/h3-6,10-11,18H,9H2,1-2H3,(H,19,20)/b13-10-. The molecule has 0 aliphatic heterocycles. The van der Waals surface area contributed by atoms with E-state index in [-0.39, 0.29) is 5.57 Å². The lowest BCUT2D eigenvalue weighted by Crippen LogP contribution is -2.19. The van der Waals surface area contributed by atoms with Gasteiger partial charge in [-0.25, -0.2) is 0 Å². The van der Waals surface area contributed by atoms with E-state index in [0.717, 1.165) is 0 Å². The first kappa shape index (κ1) is 15.3. The van der Waals surface area contributed by atoms with Crippen LogP contribution in [0.25, 0.3) is 0 Å². The predicted octanol–water partition coefficient (Wildman–Crippen LogP) is 2.15. The van der Waals surface area contributed by atoms with Crippen LogP contribution in [0.15, 0.2) is 36.0 Å². The third kappa shape index (κ3) is 4.47. The molecule has 0 aliphatic rings. The zero-order valence-electron chi connectivity index (χ0n) is 11.5. The molecule has 0 unspecified atom stereocenters. The molecule has 0 spiro atoms. The third-order valence-corrected chi connectivity index (χ3v) is 2.43. The molecule has 0 radical (unpaired) electrons. The first-order chi connectivity index (χ1) is 9.58. The summed E-state index contributed by atoms with van der Waals surface area (Å²) in [4.78, 5) is 11.9. The highest BCUT2D eigenvalue weighted by Crippen LogP contribution is 2.14. The second-order valence-corrected chi connectivity index (χ2v) is 4.58. The molecule has 1 rings (SSSR count). The Hall–Kier alpha value is -2.79. The Morgan fingerprint density at radius 2 is 2.05 bits per heavy atom. The number of benzene rings is 1. The minimum atomic E-state index is -0.536. The molecule has 0 fully saturated rings. The van der Waals surface area contributed by atoms with Crippen LogP contribution in [0.3, 0.4) is 0 Å². The summed E-state index contributed by atoms with van der Waals surface area (Å²) in [6, 6.07) is 10.5. The van der Waals surface area contributed by atoms with E-state index in [0.29, 0.717) is 23.7 Å². The molecule has 2 N–H and O–H groups in total. The van der Waals surface area contributed by atoms with Crippen LogP contribution in [0.5, 0.6) is 0 Å². The first-order valence-corrected chi connectivity index (χ1v) is 6.22. The van der Waals surface area contributed by atoms with Crippen molar-refractivity contribution < 1.29 is 4.79 Å². The fourth-order valence-corrected chi connectivity index (χ4v) is 1.42. The van der Waals surface area contributed by atoms with Gasteiger partial charge in [0, 0.05) is 12.7 Å².